The third kappa shape index (κ3) is 5.31. The van der Waals surface area contributed by atoms with Gasteiger partial charge in [-0.15, -0.1) is 11.8 Å². The van der Waals surface area contributed by atoms with Crippen LogP contribution in [0.2, 0.25) is 5.02 Å². The van der Waals surface area contributed by atoms with Crippen molar-refractivity contribution >= 4 is 46.7 Å². The average Bonchev–Trinajstić information content (AvgIpc) is 3.25. The summed E-state index contributed by atoms with van der Waals surface area (Å²) in [5, 5.41) is 0.625. The molecule has 33 heavy (non-hydrogen) atoms. The summed E-state index contributed by atoms with van der Waals surface area (Å²) in [4.78, 5) is 30.3. The fourth-order valence-corrected chi connectivity index (χ4v) is 5.40. The second kappa shape index (κ2) is 10.1. The molecule has 0 radical (unpaired) electrons. The van der Waals surface area contributed by atoms with Crippen molar-refractivity contribution in [3.05, 3.63) is 52.5 Å². The summed E-state index contributed by atoms with van der Waals surface area (Å²) in [5.41, 5.74) is 10.9. The first-order chi connectivity index (χ1) is 15.9. The maximum atomic E-state index is 13.0. The van der Waals surface area contributed by atoms with E-state index in [0.29, 0.717) is 54.1 Å². The van der Waals surface area contributed by atoms with E-state index in [1.807, 2.05) is 29.4 Å². The van der Waals surface area contributed by atoms with E-state index in [1.165, 1.54) is 0 Å². The lowest BCUT2D eigenvalue weighted by atomic mass is 9.89. The smallest absolute Gasteiger partial charge is 0.410 e. The molecular weight excluding hydrogens is 462 g/mol. The summed E-state index contributed by atoms with van der Waals surface area (Å²) in [6.07, 6.45) is 2.49. The van der Waals surface area contributed by atoms with E-state index >= 15 is 0 Å². The molecule has 2 atom stereocenters. The molecule has 5 N–H and O–H groups in total. The SMILES string of the molecule is CSc1cc(Cl)cc(COC(=O)N2CCC3CN(C(=O)c4ccc(NN)c(N)c4)CC3C2)c1. The highest BCUT2D eigenvalue weighted by Gasteiger charge is 2.40. The second-order valence-electron chi connectivity index (χ2n) is 8.47. The molecule has 2 aliphatic heterocycles. The molecule has 2 aromatic rings. The van der Waals surface area contributed by atoms with Gasteiger partial charge in [-0.3, -0.25) is 10.6 Å². The number of hydrazine groups is 1. The number of fused-ring (bicyclic) bond motifs is 1. The van der Waals surface area contributed by atoms with Gasteiger partial charge in [0.2, 0.25) is 0 Å². The Bertz CT molecular complexity index is 1050. The van der Waals surface area contributed by atoms with E-state index < -0.39 is 0 Å². The van der Waals surface area contributed by atoms with Crippen molar-refractivity contribution in [1.82, 2.24) is 9.80 Å². The number of anilines is 2. The lowest BCUT2D eigenvalue weighted by molar-refractivity contribution is 0.0728. The molecule has 0 saturated carbocycles. The molecule has 10 heteroatoms. The fourth-order valence-electron chi connectivity index (χ4n) is 4.57. The summed E-state index contributed by atoms with van der Waals surface area (Å²) < 4.78 is 5.56. The number of hydrogen-bond donors (Lipinski definition) is 3. The summed E-state index contributed by atoms with van der Waals surface area (Å²) in [6, 6.07) is 10.7. The van der Waals surface area contributed by atoms with Crippen molar-refractivity contribution in [2.24, 2.45) is 17.7 Å². The van der Waals surface area contributed by atoms with Crippen LogP contribution in [0.5, 0.6) is 0 Å². The summed E-state index contributed by atoms with van der Waals surface area (Å²) in [5.74, 6) is 5.96. The number of benzene rings is 2. The third-order valence-corrected chi connectivity index (χ3v) is 7.26. The van der Waals surface area contributed by atoms with Crippen LogP contribution in [0.3, 0.4) is 0 Å². The first kappa shape index (κ1) is 23.5. The topological polar surface area (TPSA) is 114 Å². The minimum Gasteiger partial charge on any atom is -0.445 e. The number of halogens is 1. The number of nitrogens with two attached hydrogens (primary N) is 2. The first-order valence-corrected chi connectivity index (χ1v) is 12.4. The van der Waals surface area contributed by atoms with E-state index in [9.17, 15) is 9.59 Å². The highest BCUT2D eigenvalue weighted by molar-refractivity contribution is 7.98. The van der Waals surface area contributed by atoms with Gasteiger partial charge in [-0.1, -0.05) is 11.6 Å². The van der Waals surface area contributed by atoms with E-state index in [-0.39, 0.29) is 24.5 Å². The van der Waals surface area contributed by atoms with E-state index in [0.717, 1.165) is 16.9 Å². The van der Waals surface area contributed by atoms with Crippen LogP contribution in [-0.2, 0) is 11.3 Å². The number of nitrogen functional groups attached to an aromatic ring is 2. The van der Waals surface area contributed by atoms with Gasteiger partial charge in [-0.2, -0.15) is 0 Å². The molecule has 2 fully saturated rings. The van der Waals surface area contributed by atoms with Crippen molar-refractivity contribution in [1.29, 1.82) is 0 Å². The van der Waals surface area contributed by atoms with Gasteiger partial charge in [-0.05, 0) is 66.5 Å². The standard InChI is InChI=1S/C23H28ClN5O3S/c1-33-19-7-14(6-18(24)9-19)13-32-23(31)28-5-4-16-10-29(12-17(16)11-28)22(30)15-2-3-21(27-26)20(25)8-15/h2-3,6-9,16-17,27H,4-5,10-13,25-26H2,1H3. The van der Waals surface area contributed by atoms with Crippen LogP contribution < -0.4 is 17.0 Å². The van der Waals surface area contributed by atoms with Gasteiger partial charge in [0.15, 0.2) is 0 Å². The quantitative estimate of drug-likeness (QED) is 0.254. The zero-order chi connectivity index (χ0) is 23.5. The van der Waals surface area contributed by atoms with Gasteiger partial charge in [0.25, 0.3) is 5.91 Å². The van der Waals surface area contributed by atoms with Gasteiger partial charge >= 0.3 is 6.09 Å². The average molecular weight is 490 g/mol. The number of hydrogen-bond acceptors (Lipinski definition) is 7. The largest absolute Gasteiger partial charge is 0.445 e. The number of thioether (sulfide) groups is 1. The minimum atomic E-state index is -0.332. The number of likely N-dealkylation sites (tertiary alicyclic amines) is 2. The molecule has 0 aromatic heterocycles. The Morgan fingerprint density at radius 2 is 1.91 bits per heavy atom. The lowest BCUT2D eigenvalue weighted by Gasteiger charge is -2.33. The van der Waals surface area contributed by atoms with Crippen molar-refractivity contribution in [2.45, 2.75) is 17.9 Å². The van der Waals surface area contributed by atoms with E-state index in [1.54, 1.807) is 34.9 Å². The highest BCUT2D eigenvalue weighted by Crippen LogP contribution is 2.33. The number of carbonyl (C=O) groups is 2. The number of ether oxygens (including phenoxy) is 1. The van der Waals surface area contributed by atoms with Crippen molar-refractivity contribution in [2.75, 3.05) is 43.6 Å². The van der Waals surface area contributed by atoms with Gasteiger partial charge in [0, 0.05) is 41.7 Å². The van der Waals surface area contributed by atoms with Gasteiger partial charge < -0.3 is 25.7 Å². The molecule has 2 aliphatic rings. The van der Waals surface area contributed by atoms with Crippen LogP contribution in [0.4, 0.5) is 16.2 Å². The summed E-state index contributed by atoms with van der Waals surface area (Å²) >= 11 is 7.74. The van der Waals surface area contributed by atoms with Crippen LogP contribution in [0.15, 0.2) is 41.3 Å². The van der Waals surface area contributed by atoms with Crippen LogP contribution in [0, 0.1) is 11.8 Å². The van der Waals surface area contributed by atoms with Crippen molar-refractivity contribution < 1.29 is 14.3 Å². The molecule has 8 nitrogen and oxygen atoms in total. The van der Waals surface area contributed by atoms with E-state index in [2.05, 4.69) is 5.43 Å². The molecular formula is C23H28ClN5O3S. The van der Waals surface area contributed by atoms with Crippen LogP contribution in [0.1, 0.15) is 22.3 Å². The normalized spacial score (nSPS) is 19.8. The Morgan fingerprint density at radius 3 is 2.64 bits per heavy atom. The van der Waals surface area contributed by atoms with Crippen molar-refractivity contribution in [3.8, 4) is 0 Å². The predicted molar refractivity (Wildman–Crippen MR) is 131 cm³/mol. The lowest BCUT2D eigenvalue weighted by Crippen LogP contribution is -2.43. The molecule has 2 saturated heterocycles. The fraction of sp³-hybridized carbons (Fsp3) is 0.391. The zero-order valence-corrected chi connectivity index (χ0v) is 20.0. The number of carbonyl (C=O) groups excluding carboxylic acids is 2. The van der Waals surface area contributed by atoms with Crippen LogP contribution in [-0.4, -0.2) is 54.2 Å². The summed E-state index contributed by atoms with van der Waals surface area (Å²) in [7, 11) is 0. The highest BCUT2D eigenvalue weighted by atomic mass is 35.5. The minimum absolute atomic E-state index is 0.0562. The molecule has 2 heterocycles. The number of piperidine rings is 1. The van der Waals surface area contributed by atoms with E-state index in [4.69, 9.17) is 27.9 Å². The zero-order valence-electron chi connectivity index (χ0n) is 18.4. The molecule has 2 amide bonds. The number of rotatable bonds is 5. The van der Waals surface area contributed by atoms with Gasteiger partial charge in [-0.25, -0.2) is 4.79 Å². The second-order valence-corrected chi connectivity index (χ2v) is 9.78. The van der Waals surface area contributed by atoms with Crippen LogP contribution in [0.25, 0.3) is 0 Å². The number of nitrogens with one attached hydrogen (secondary N) is 1. The summed E-state index contributed by atoms with van der Waals surface area (Å²) in [6.45, 7) is 2.67. The molecule has 0 bridgehead atoms. The Hall–Kier alpha value is -2.62. The molecule has 0 aliphatic carbocycles. The van der Waals surface area contributed by atoms with Crippen LogP contribution >= 0.6 is 23.4 Å². The Labute approximate surface area is 202 Å². The Morgan fingerprint density at radius 1 is 1.15 bits per heavy atom. The number of amides is 2. The van der Waals surface area contributed by atoms with Gasteiger partial charge in [0.1, 0.15) is 6.61 Å². The molecule has 4 rings (SSSR count). The Balaban J connectivity index is 1.33. The van der Waals surface area contributed by atoms with Gasteiger partial charge in [0.05, 0.1) is 11.4 Å². The monoisotopic (exact) mass is 489 g/mol. The molecule has 2 unspecified atom stereocenters. The van der Waals surface area contributed by atoms with Crippen molar-refractivity contribution in [3.63, 3.8) is 0 Å². The number of nitrogens with zero attached hydrogens (tertiary/aromatic N) is 2. The molecule has 176 valence electrons. The molecule has 0 spiro atoms. The molecule has 2 aromatic carbocycles. The predicted octanol–water partition coefficient (Wildman–Crippen LogP) is 3.66. The maximum absolute atomic E-state index is 13.0. The first-order valence-electron chi connectivity index (χ1n) is 10.8. The Kier molecular flexibility index (Phi) is 7.21. The third-order valence-electron chi connectivity index (χ3n) is 6.33. The maximum Gasteiger partial charge on any atom is 0.410 e.